The highest BCUT2D eigenvalue weighted by Crippen LogP contribution is 1.99. The van der Waals surface area contributed by atoms with Gasteiger partial charge in [-0.05, 0) is 0 Å². The van der Waals surface area contributed by atoms with Crippen LogP contribution >= 0.6 is 0 Å². The molecule has 2 heterocycles. The Bertz CT molecular complexity index is 369. The quantitative estimate of drug-likeness (QED) is 0.601. The molecule has 0 aliphatic rings. The Balaban J connectivity index is 2.76. The summed E-state index contributed by atoms with van der Waals surface area (Å²) in [5.41, 5.74) is 0.646. The fraction of sp³-hybridized carbons (Fsp3) is 0.167. The van der Waals surface area contributed by atoms with E-state index < -0.39 is 0 Å². The Morgan fingerprint density at radius 3 is 3.09 bits per heavy atom. The fourth-order valence-corrected chi connectivity index (χ4v) is 0.888. The van der Waals surface area contributed by atoms with Crippen molar-refractivity contribution < 1.29 is 5.11 Å². The van der Waals surface area contributed by atoms with Gasteiger partial charge in [-0.2, -0.15) is 9.61 Å². The number of fused-ring (bicyclic) bond motifs is 1. The molecule has 2 rings (SSSR count). The van der Waals surface area contributed by atoms with E-state index in [9.17, 15) is 0 Å². The van der Waals surface area contributed by atoms with E-state index in [0.29, 0.717) is 11.5 Å². The molecular weight excluding hydrogens is 144 g/mol. The lowest BCUT2D eigenvalue weighted by Gasteiger charge is -1.92. The van der Waals surface area contributed by atoms with Crippen molar-refractivity contribution >= 4 is 5.78 Å². The molecule has 2 aromatic heterocycles. The Labute approximate surface area is 62.3 Å². The Kier molecular flexibility index (Phi) is 1.29. The molecule has 0 unspecified atom stereocenters. The van der Waals surface area contributed by atoms with E-state index in [1.54, 1.807) is 18.6 Å². The van der Waals surface area contributed by atoms with Gasteiger partial charge in [0.15, 0.2) is 0 Å². The average molecular weight is 150 g/mol. The van der Waals surface area contributed by atoms with Crippen molar-refractivity contribution in [2.45, 2.75) is 6.61 Å². The molecule has 0 saturated carbocycles. The second-order valence-corrected chi connectivity index (χ2v) is 2.06. The molecule has 0 aliphatic carbocycles. The van der Waals surface area contributed by atoms with Crippen LogP contribution in [-0.4, -0.2) is 24.7 Å². The average Bonchev–Trinajstić information content (AvgIpc) is 2.47. The number of hydrogen-bond donors (Lipinski definition) is 1. The molecule has 5 heteroatoms. The molecule has 56 valence electrons. The van der Waals surface area contributed by atoms with E-state index in [0.717, 1.165) is 0 Å². The van der Waals surface area contributed by atoms with Crippen molar-refractivity contribution in [3.05, 3.63) is 24.3 Å². The van der Waals surface area contributed by atoms with Crippen LogP contribution in [0.4, 0.5) is 0 Å². The third-order valence-electron chi connectivity index (χ3n) is 1.39. The smallest absolute Gasteiger partial charge is 0.250 e. The van der Waals surface area contributed by atoms with E-state index in [-0.39, 0.29) is 6.61 Å². The first-order valence-electron chi connectivity index (χ1n) is 3.16. The van der Waals surface area contributed by atoms with Crippen molar-refractivity contribution in [2.24, 2.45) is 0 Å². The zero-order valence-corrected chi connectivity index (χ0v) is 5.68. The standard InChI is InChI=1S/C6H6N4O/c11-4-5-3-8-6-7-1-2-9-10(5)6/h1-3,11H,4H2. The molecule has 0 aliphatic heterocycles. The van der Waals surface area contributed by atoms with Gasteiger partial charge < -0.3 is 5.11 Å². The summed E-state index contributed by atoms with van der Waals surface area (Å²) in [5, 5.41) is 12.7. The zero-order chi connectivity index (χ0) is 7.68. The normalized spacial score (nSPS) is 10.6. The molecule has 1 N–H and O–H groups in total. The Hall–Kier alpha value is -1.49. The number of imidazole rings is 1. The molecule has 0 aromatic carbocycles. The molecule has 2 aromatic rings. The molecule has 11 heavy (non-hydrogen) atoms. The topological polar surface area (TPSA) is 63.3 Å². The molecule has 5 nitrogen and oxygen atoms in total. The third kappa shape index (κ3) is 0.857. The summed E-state index contributed by atoms with van der Waals surface area (Å²) in [7, 11) is 0. The number of hydrogen-bond acceptors (Lipinski definition) is 4. The van der Waals surface area contributed by atoms with Crippen LogP contribution in [0.2, 0.25) is 0 Å². The first-order chi connectivity index (χ1) is 5.42. The van der Waals surface area contributed by atoms with Gasteiger partial charge in [0.25, 0.3) is 5.78 Å². The number of nitrogens with zero attached hydrogens (tertiary/aromatic N) is 4. The van der Waals surface area contributed by atoms with Gasteiger partial charge in [0, 0.05) is 0 Å². The van der Waals surface area contributed by atoms with E-state index in [1.807, 2.05) is 0 Å². The second kappa shape index (κ2) is 2.28. The minimum atomic E-state index is -0.0696. The lowest BCUT2D eigenvalue weighted by atomic mass is 10.5. The van der Waals surface area contributed by atoms with Crippen LogP contribution in [0, 0.1) is 0 Å². The van der Waals surface area contributed by atoms with Gasteiger partial charge >= 0.3 is 0 Å². The number of rotatable bonds is 1. The lowest BCUT2D eigenvalue weighted by Crippen LogP contribution is -1.97. The monoisotopic (exact) mass is 150 g/mol. The van der Waals surface area contributed by atoms with Gasteiger partial charge in [-0.1, -0.05) is 0 Å². The molecular formula is C6H6N4O. The number of aliphatic hydroxyl groups excluding tert-OH is 1. The van der Waals surface area contributed by atoms with E-state index in [4.69, 9.17) is 5.11 Å². The van der Waals surface area contributed by atoms with Crippen LogP contribution in [0.5, 0.6) is 0 Å². The van der Waals surface area contributed by atoms with E-state index in [1.165, 1.54) is 4.52 Å². The predicted molar refractivity (Wildman–Crippen MR) is 36.7 cm³/mol. The Morgan fingerprint density at radius 1 is 1.36 bits per heavy atom. The largest absolute Gasteiger partial charge is 0.390 e. The van der Waals surface area contributed by atoms with Crippen LogP contribution in [0.3, 0.4) is 0 Å². The molecule has 0 bridgehead atoms. The van der Waals surface area contributed by atoms with Crippen molar-refractivity contribution in [1.29, 1.82) is 0 Å². The summed E-state index contributed by atoms with van der Waals surface area (Å²) in [5.74, 6) is 0.511. The molecule has 0 fully saturated rings. The highest BCUT2D eigenvalue weighted by atomic mass is 16.3. The molecule has 0 amide bonds. The van der Waals surface area contributed by atoms with Crippen LogP contribution < -0.4 is 0 Å². The van der Waals surface area contributed by atoms with Gasteiger partial charge in [0.05, 0.1) is 30.9 Å². The third-order valence-corrected chi connectivity index (χ3v) is 1.39. The predicted octanol–water partition coefficient (Wildman–Crippen LogP) is -0.383. The molecule has 0 spiro atoms. The van der Waals surface area contributed by atoms with Crippen LogP contribution in [0.1, 0.15) is 5.69 Å². The van der Waals surface area contributed by atoms with Crippen molar-refractivity contribution in [2.75, 3.05) is 0 Å². The van der Waals surface area contributed by atoms with Gasteiger partial charge in [-0.25, -0.2) is 9.97 Å². The number of aromatic nitrogens is 4. The van der Waals surface area contributed by atoms with Crippen molar-refractivity contribution in [3.8, 4) is 0 Å². The summed E-state index contributed by atoms with van der Waals surface area (Å²) in [6.45, 7) is -0.0696. The lowest BCUT2D eigenvalue weighted by molar-refractivity contribution is 0.274. The van der Waals surface area contributed by atoms with Crippen LogP contribution in [0.25, 0.3) is 5.78 Å². The summed E-state index contributed by atoms with van der Waals surface area (Å²) < 4.78 is 1.50. The Morgan fingerprint density at radius 2 is 2.27 bits per heavy atom. The summed E-state index contributed by atoms with van der Waals surface area (Å²) in [4.78, 5) is 7.85. The SMILES string of the molecule is OCc1cnc2nccnn12. The highest BCUT2D eigenvalue weighted by Gasteiger charge is 2.00. The molecule has 0 radical (unpaired) electrons. The summed E-state index contributed by atoms with van der Waals surface area (Å²) in [6.07, 6.45) is 4.66. The second-order valence-electron chi connectivity index (χ2n) is 2.06. The van der Waals surface area contributed by atoms with E-state index in [2.05, 4.69) is 15.1 Å². The first-order valence-corrected chi connectivity index (χ1v) is 3.16. The molecule has 0 saturated heterocycles. The maximum atomic E-state index is 8.80. The van der Waals surface area contributed by atoms with Gasteiger partial charge in [0.2, 0.25) is 0 Å². The summed E-state index contributed by atoms with van der Waals surface area (Å²) >= 11 is 0. The van der Waals surface area contributed by atoms with Crippen molar-refractivity contribution in [1.82, 2.24) is 19.6 Å². The van der Waals surface area contributed by atoms with Crippen LogP contribution in [0.15, 0.2) is 18.6 Å². The van der Waals surface area contributed by atoms with Gasteiger partial charge in [0.1, 0.15) is 0 Å². The molecule has 0 atom stereocenters. The van der Waals surface area contributed by atoms with Gasteiger partial charge in [-0.3, -0.25) is 0 Å². The maximum Gasteiger partial charge on any atom is 0.250 e. The van der Waals surface area contributed by atoms with Crippen LogP contribution in [-0.2, 0) is 6.61 Å². The minimum absolute atomic E-state index is 0.0696. The van der Waals surface area contributed by atoms with E-state index >= 15 is 0 Å². The highest BCUT2D eigenvalue weighted by molar-refractivity contribution is 5.27. The van der Waals surface area contributed by atoms with Crippen molar-refractivity contribution in [3.63, 3.8) is 0 Å². The number of aliphatic hydroxyl groups is 1. The van der Waals surface area contributed by atoms with Gasteiger partial charge in [-0.15, -0.1) is 0 Å². The summed E-state index contributed by atoms with van der Waals surface area (Å²) in [6, 6.07) is 0. The first kappa shape index (κ1) is 6.23. The zero-order valence-electron chi connectivity index (χ0n) is 5.68. The maximum absolute atomic E-state index is 8.80. The minimum Gasteiger partial charge on any atom is -0.390 e. The fourth-order valence-electron chi connectivity index (χ4n) is 0.888.